The third kappa shape index (κ3) is 2.04. The Bertz CT molecular complexity index is 353. The summed E-state index contributed by atoms with van der Waals surface area (Å²) < 4.78 is 0. The fourth-order valence-electron chi connectivity index (χ4n) is 1.17. The maximum Gasteiger partial charge on any atom is 0.287 e. The predicted molar refractivity (Wildman–Crippen MR) is 51.6 cm³/mol. The average Bonchev–Trinajstić information content (AvgIpc) is 2.16. The number of aryl methyl sites for hydroxylation is 1. The molecule has 1 aromatic rings. The van der Waals surface area contributed by atoms with Gasteiger partial charge in [0.15, 0.2) is 0 Å². The van der Waals surface area contributed by atoms with E-state index in [1.54, 1.807) is 6.92 Å². The largest absolute Gasteiger partial charge is 0.329 e. The molecule has 1 unspecified atom stereocenters. The fraction of sp³-hybridized carbons (Fsp3) is 0.375. The summed E-state index contributed by atoms with van der Waals surface area (Å²) in [4.78, 5) is 13.8. The number of rotatable bonds is 3. The van der Waals surface area contributed by atoms with Crippen molar-refractivity contribution in [1.82, 2.24) is 4.98 Å². The molecule has 1 rings (SSSR count). The van der Waals surface area contributed by atoms with Crippen LogP contribution in [0.5, 0.6) is 0 Å². The highest BCUT2D eigenvalue weighted by Gasteiger charge is 2.13. The van der Waals surface area contributed by atoms with Crippen molar-refractivity contribution in [1.29, 1.82) is 0 Å². The lowest BCUT2D eigenvalue weighted by Gasteiger charge is -2.10. The molecule has 0 aromatic carbocycles. The lowest BCUT2D eigenvalue weighted by atomic mass is 10.1. The quantitative estimate of drug-likeness (QED) is 0.532. The molecule has 1 heterocycles. The smallest absolute Gasteiger partial charge is 0.287 e. The number of aromatic nitrogens is 1. The molecule has 0 amide bonds. The number of nitro groups is 1. The zero-order chi connectivity index (χ0) is 10.7. The van der Waals surface area contributed by atoms with Crippen molar-refractivity contribution in [2.24, 2.45) is 11.5 Å². The van der Waals surface area contributed by atoms with Crippen molar-refractivity contribution in [2.75, 3.05) is 6.54 Å². The molecule has 0 aliphatic rings. The molecule has 0 aliphatic heterocycles. The zero-order valence-corrected chi connectivity index (χ0v) is 7.80. The van der Waals surface area contributed by atoms with E-state index in [1.807, 2.05) is 0 Å². The molecular weight excluding hydrogens is 184 g/mol. The van der Waals surface area contributed by atoms with Gasteiger partial charge in [-0.25, -0.2) is 0 Å². The van der Waals surface area contributed by atoms with E-state index >= 15 is 0 Å². The first-order chi connectivity index (χ1) is 6.56. The lowest BCUT2D eigenvalue weighted by molar-refractivity contribution is -0.385. The molecule has 6 heteroatoms. The van der Waals surface area contributed by atoms with Crippen LogP contribution >= 0.6 is 0 Å². The van der Waals surface area contributed by atoms with Crippen LogP contribution in [0, 0.1) is 17.0 Å². The molecule has 0 fully saturated rings. The highest BCUT2D eigenvalue weighted by molar-refractivity contribution is 5.34. The van der Waals surface area contributed by atoms with Crippen molar-refractivity contribution >= 4 is 5.69 Å². The molecule has 0 bridgehead atoms. The Kier molecular flexibility index (Phi) is 3.10. The number of pyridine rings is 1. The van der Waals surface area contributed by atoms with Crippen LogP contribution in [0.4, 0.5) is 5.69 Å². The van der Waals surface area contributed by atoms with Gasteiger partial charge in [0.05, 0.1) is 16.7 Å². The van der Waals surface area contributed by atoms with E-state index in [-0.39, 0.29) is 18.3 Å². The summed E-state index contributed by atoms with van der Waals surface area (Å²) >= 11 is 0. The summed E-state index contributed by atoms with van der Waals surface area (Å²) in [5.41, 5.74) is 12.3. The van der Waals surface area contributed by atoms with Crippen LogP contribution in [-0.4, -0.2) is 16.5 Å². The van der Waals surface area contributed by atoms with Crippen LogP contribution in [0.15, 0.2) is 12.3 Å². The first kappa shape index (κ1) is 10.6. The van der Waals surface area contributed by atoms with Gasteiger partial charge in [-0.15, -0.1) is 0 Å². The third-order valence-electron chi connectivity index (χ3n) is 1.92. The van der Waals surface area contributed by atoms with Crippen LogP contribution < -0.4 is 11.5 Å². The maximum absolute atomic E-state index is 10.4. The lowest BCUT2D eigenvalue weighted by Crippen LogP contribution is -2.22. The number of nitrogens with zero attached hydrogens (tertiary/aromatic N) is 2. The Morgan fingerprint density at radius 3 is 2.79 bits per heavy atom. The summed E-state index contributed by atoms with van der Waals surface area (Å²) in [5, 5.41) is 10.4. The van der Waals surface area contributed by atoms with Gasteiger partial charge in [-0.2, -0.15) is 0 Å². The molecule has 0 spiro atoms. The summed E-state index contributed by atoms with van der Waals surface area (Å²) in [6.07, 6.45) is 1.19. The SMILES string of the molecule is Cc1cc([N+](=O)[O-])cnc1C(N)CN. The molecule has 0 radical (unpaired) electrons. The molecule has 1 aromatic heterocycles. The normalized spacial score (nSPS) is 12.5. The third-order valence-corrected chi connectivity index (χ3v) is 1.92. The first-order valence-corrected chi connectivity index (χ1v) is 4.13. The Balaban J connectivity index is 3.07. The summed E-state index contributed by atoms with van der Waals surface area (Å²) in [6.45, 7) is 2.00. The van der Waals surface area contributed by atoms with Gasteiger partial charge in [0.25, 0.3) is 5.69 Å². The molecule has 6 nitrogen and oxygen atoms in total. The minimum Gasteiger partial charge on any atom is -0.329 e. The number of nitrogens with two attached hydrogens (primary N) is 2. The Morgan fingerprint density at radius 1 is 1.71 bits per heavy atom. The van der Waals surface area contributed by atoms with Gasteiger partial charge in [0, 0.05) is 12.6 Å². The Labute approximate surface area is 81.1 Å². The minimum atomic E-state index is -0.488. The second kappa shape index (κ2) is 4.12. The topological polar surface area (TPSA) is 108 Å². The molecule has 1 atom stereocenters. The van der Waals surface area contributed by atoms with Crippen LogP contribution in [0.1, 0.15) is 17.3 Å². The summed E-state index contributed by atoms with van der Waals surface area (Å²) in [5.74, 6) is 0. The van der Waals surface area contributed by atoms with E-state index in [9.17, 15) is 10.1 Å². The second-order valence-corrected chi connectivity index (χ2v) is 2.99. The summed E-state index contributed by atoms with van der Waals surface area (Å²) in [6, 6.07) is 1.08. The van der Waals surface area contributed by atoms with Crippen molar-refractivity contribution in [3.63, 3.8) is 0 Å². The van der Waals surface area contributed by atoms with Crippen molar-refractivity contribution in [3.8, 4) is 0 Å². The van der Waals surface area contributed by atoms with E-state index in [4.69, 9.17) is 11.5 Å². The molecule has 0 aliphatic carbocycles. The maximum atomic E-state index is 10.4. The predicted octanol–water partition coefficient (Wildman–Crippen LogP) is 0.257. The molecule has 76 valence electrons. The molecule has 14 heavy (non-hydrogen) atoms. The van der Waals surface area contributed by atoms with Gasteiger partial charge < -0.3 is 11.5 Å². The van der Waals surface area contributed by atoms with Crippen molar-refractivity contribution in [3.05, 3.63) is 33.6 Å². The van der Waals surface area contributed by atoms with E-state index in [0.717, 1.165) is 0 Å². The number of hydrogen-bond donors (Lipinski definition) is 2. The minimum absolute atomic E-state index is 0.0320. The van der Waals surface area contributed by atoms with E-state index < -0.39 is 4.92 Å². The Morgan fingerprint density at radius 2 is 2.36 bits per heavy atom. The molecule has 0 saturated carbocycles. The molecule has 0 saturated heterocycles. The van der Waals surface area contributed by atoms with Crippen molar-refractivity contribution in [2.45, 2.75) is 13.0 Å². The zero-order valence-electron chi connectivity index (χ0n) is 7.80. The monoisotopic (exact) mass is 196 g/mol. The summed E-state index contributed by atoms with van der Waals surface area (Å²) in [7, 11) is 0. The van der Waals surface area contributed by atoms with E-state index in [1.165, 1.54) is 12.3 Å². The highest BCUT2D eigenvalue weighted by atomic mass is 16.6. The fourth-order valence-corrected chi connectivity index (χ4v) is 1.17. The number of hydrogen-bond acceptors (Lipinski definition) is 5. The van der Waals surface area contributed by atoms with Gasteiger partial charge in [-0.05, 0) is 12.5 Å². The molecule has 4 N–H and O–H groups in total. The van der Waals surface area contributed by atoms with Crippen LogP contribution in [-0.2, 0) is 0 Å². The Hall–Kier alpha value is -1.53. The standard InChI is InChI=1S/C8H12N4O2/c1-5-2-6(12(13)14)4-11-8(5)7(10)3-9/h2,4,7H,3,9-10H2,1H3. The van der Waals surface area contributed by atoms with E-state index in [2.05, 4.69) is 4.98 Å². The average molecular weight is 196 g/mol. The first-order valence-electron chi connectivity index (χ1n) is 4.13. The van der Waals surface area contributed by atoms with Crippen LogP contribution in [0.2, 0.25) is 0 Å². The highest BCUT2D eigenvalue weighted by Crippen LogP contribution is 2.17. The van der Waals surface area contributed by atoms with Gasteiger partial charge in [0.2, 0.25) is 0 Å². The van der Waals surface area contributed by atoms with Gasteiger partial charge in [-0.3, -0.25) is 15.1 Å². The van der Waals surface area contributed by atoms with E-state index in [0.29, 0.717) is 11.3 Å². The van der Waals surface area contributed by atoms with Gasteiger partial charge in [-0.1, -0.05) is 0 Å². The van der Waals surface area contributed by atoms with Gasteiger partial charge in [0.1, 0.15) is 6.20 Å². The van der Waals surface area contributed by atoms with Crippen molar-refractivity contribution < 1.29 is 4.92 Å². The molecular formula is C8H12N4O2. The van der Waals surface area contributed by atoms with Gasteiger partial charge >= 0.3 is 0 Å². The van der Waals surface area contributed by atoms with Crippen LogP contribution in [0.25, 0.3) is 0 Å². The van der Waals surface area contributed by atoms with Crippen LogP contribution in [0.3, 0.4) is 0 Å². The second-order valence-electron chi connectivity index (χ2n) is 2.99.